The first kappa shape index (κ1) is 12.5. The maximum absolute atomic E-state index is 11.8. The average Bonchev–Trinajstić information content (AvgIpc) is 2.14. The zero-order valence-corrected chi connectivity index (χ0v) is 8.95. The molecule has 0 heterocycles. The highest BCUT2D eigenvalue weighted by Crippen LogP contribution is 2.24. The molecule has 0 saturated heterocycles. The third kappa shape index (κ3) is 4.82. The van der Waals surface area contributed by atoms with E-state index < -0.39 is 6.36 Å². The van der Waals surface area contributed by atoms with Crippen LogP contribution in [0, 0.1) is 5.92 Å². The summed E-state index contributed by atoms with van der Waals surface area (Å²) < 4.78 is 39.3. The Bertz CT molecular complexity index is 354. The first-order chi connectivity index (χ1) is 7.37. The molecule has 1 aromatic rings. The first-order valence-electron chi connectivity index (χ1n) is 4.77. The molecular formula is C11H12F3NO. The van der Waals surface area contributed by atoms with Crippen molar-refractivity contribution >= 4 is 11.9 Å². The lowest BCUT2D eigenvalue weighted by molar-refractivity contribution is -0.274. The molecule has 1 rings (SSSR count). The summed E-state index contributed by atoms with van der Waals surface area (Å²) in [7, 11) is 0. The largest absolute Gasteiger partial charge is 0.573 e. The van der Waals surface area contributed by atoms with Gasteiger partial charge >= 0.3 is 6.36 Å². The van der Waals surface area contributed by atoms with Gasteiger partial charge in [0.15, 0.2) is 0 Å². The fourth-order valence-electron chi connectivity index (χ4n) is 0.969. The summed E-state index contributed by atoms with van der Waals surface area (Å²) >= 11 is 0. The average molecular weight is 231 g/mol. The number of alkyl halides is 3. The van der Waals surface area contributed by atoms with Crippen molar-refractivity contribution in [2.45, 2.75) is 20.2 Å². The molecule has 0 N–H and O–H groups in total. The van der Waals surface area contributed by atoms with Crippen LogP contribution in [0.5, 0.6) is 5.75 Å². The summed E-state index contributed by atoms with van der Waals surface area (Å²) in [5, 5.41) is 0. The fourth-order valence-corrected chi connectivity index (χ4v) is 0.969. The minimum Gasteiger partial charge on any atom is -0.406 e. The van der Waals surface area contributed by atoms with Crippen LogP contribution >= 0.6 is 0 Å². The van der Waals surface area contributed by atoms with Crippen LogP contribution in [0.3, 0.4) is 0 Å². The predicted molar refractivity (Wildman–Crippen MR) is 56.1 cm³/mol. The first-order valence-corrected chi connectivity index (χ1v) is 4.77. The van der Waals surface area contributed by atoms with Crippen molar-refractivity contribution in [2.75, 3.05) is 0 Å². The van der Waals surface area contributed by atoms with Gasteiger partial charge in [0.1, 0.15) is 5.75 Å². The summed E-state index contributed by atoms with van der Waals surface area (Å²) in [5.41, 5.74) is 0.600. The summed E-state index contributed by atoms with van der Waals surface area (Å²) in [6, 6.07) is 5.42. The van der Waals surface area contributed by atoms with Gasteiger partial charge in [0.25, 0.3) is 0 Å². The van der Waals surface area contributed by atoms with E-state index in [1.165, 1.54) is 24.3 Å². The molecule has 0 aliphatic heterocycles. The van der Waals surface area contributed by atoms with Crippen LogP contribution in [0.1, 0.15) is 13.8 Å². The number of nitrogens with zero attached hydrogens (tertiary/aromatic N) is 1. The minimum absolute atomic E-state index is 0.240. The van der Waals surface area contributed by atoms with Gasteiger partial charge in [0.2, 0.25) is 0 Å². The lowest BCUT2D eigenvalue weighted by Gasteiger charge is -2.08. The molecule has 0 aromatic heterocycles. The Labute approximate surface area is 91.8 Å². The van der Waals surface area contributed by atoms with Gasteiger partial charge in [-0.2, -0.15) is 0 Å². The molecule has 0 fully saturated rings. The molecule has 0 radical (unpaired) electrons. The van der Waals surface area contributed by atoms with E-state index in [9.17, 15) is 13.2 Å². The molecule has 88 valence electrons. The van der Waals surface area contributed by atoms with Crippen LogP contribution in [0.4, 0.5) is 18.9 Å². The standard InChI is InChI=1S/C11H12F3NO/c1-8(2)7-15-9-3-5-10(6-4-9)16-11(12,13)14/h3-8H,1-2H3. The highest BCUT2D eigenvalue weighted by atomic mass is 19.4. The van der Waals surface area contributed by atoms with Crippen LogP contribution in [0.25, 0.3) is 0 Å². The van der Waals surface area contributed by atoms with Gasteiger partial charge in [-0.15, -0.1) is 13.2 Å². The van der Waals surface area contributed by atoms with Gasteiger partial charge in [0.05, 0.1) is 5.69 Å². The Hall–Kier alpha value is -1.52. The van der Waals surface area contributed by atoms with E-state index in [2.05, 4.69) is 9.73 Å². The molecule has 0 unspecified atom stereocenters. The van der Waals surface area contributed by atoms with Crippen molar-refractivity contribution in [1.29, 1.82) is 0 Å². The number of hydrogen-bond acceptors (Lipinski definition) is 2. The van der Waals surface area contributed by atoms with E-state index in [0.717, 1.165) is 0 Å². The molecule has 0 aliphatic rings. The Morgan fingerprint density at radius 3 is 2.19 bits per heavy atom. The number of rotatable bonds is 3. The summed E-state index contributed by atoms with van der Waals surface area (Å²) in [6.07, 6.45) is -2.93. The lowest BCUT2D eigenvalue weighted by Crippen LogP contribution is -2.16. The van der Waals surface area contributed by atoms with Crippen molar-refractivity contribution in [3.8, 4) is 5.75 Å². The van der Waals surface area contributed by atoms with E-state index in [-0.39, 0.29) is 5.75 Å². The van der Waals surface area contributed by atoms with Crippen molar-refractivity contribution in [3.05, 3.63) is 24.3 Å². The van der Waals surface area contributed by atoms with Crippen LogP contribution in [-0.4, -0.2) is 12.6 Å². The summed E-state index contributed by atoms with van der Waals surface area (Å²) in [5.74, 6) is 0.0575. The second kappa shape index (κ2) is 5.01. The van der Waals surface area contributed by atoms with Crippen molar-refractivity contribution in [2.24, 2.45) is 10.9 Å². The minimum atomic E-state index is -4.65. The molecule has 0 saturated carbocycles. The van der Waals surface area contributed by atoms with E-state index in [1.54, 1.807) is 6.21 Å². The van der Waals surface area contributed by atoms with Crippen molar-refractivity contribution < 1.29 is 17.9 Å². The van der Waals surface area contributed by atoms with Gasteiger partial charge in [0, 0.05) is 6.21 Å². The number of halogens is 3. The quantitative estimate of drug-likeness (QED) is 0.722. The molecule has 0 amide bonds. The van der Waals surface area contributed by atoms with Gasteiger partial charge in [-0.3, -0.25) is 4.99 Å². The molecule has 16 heavy (non-hydrogen) atoms. The number of ether oxygens (including phenoxy) is 1. The van der Waals surface area contributed by atoms with Crippen LogP contribution in [0.15, 0.2) is 29.3 Å². The smallest absolute Gasteiger partial charge is 0.406 e. The number of benzene rings is 1. The molecular weight excluding hydrogens is 219 g/mol. The highest BCUT2D eigenvalue weighted by Gasteiger charge is 2.30. The number of aliphatic imine (C=N–C) groups is 1. The van der Waals surface area contributed by atoms with Crippen molar-refractivity contribution in [1.82, 2.24) is 0 Å². The Kier molecular flexibility index (Phi) is 3.93. The van der Waals surface area contributed by atoms with Crippen LogP contribution < -0.4 is 4.74 Å². The second-order valence-corrected chi connectivity index (χ2v) is 3.56. The summed E-state index contributed by atoms with van der Waals surface area (Å²) in [4.78, 5) is 4.08. The normalized spacial score (nSPS) is 12.4. The van der Waals surface area contributed by atoms with Gasteiger partial charge in [-0.05, 0) is 30.2 Å². The summed E-state index contributed by atoms with van der Waals surface area (Å²) in [6.45, 7) is 3.93. The third-order valence-electron chi connectivity index (χ3n) is 1.59. The molecule has 2 nitrogen and oxygen atoms in total. The fraction of sp³-hybridized carbons (Fsp3) is 0.364. The third-order valence-corrected chi connectivity index (χ3v) is 1.59. The Morgan fingerprint density at radius 1 is 1.19 bits per heavy atom. The van der Waals surface area contributed by atoms with Crippen LogP contribution in [0.2, 0.25) is 0 Å². The molecule has 1 aromatic carbocycles. The highest BCUT2D eigenvalue weighted by molar-refractivity contribution is 5.65. The number of hydrogen-bond donors (Lipinski definition) is 0. The van der Waals surface area contributed by atoms with E-state index >= 15 is 0 Å². The predicted octanol–water partition coefficient (Wildman–Crippen LogP) is 3.94. The second-order valence-electron chi connectivity index (χ2n) is 3.56. The van der Waals surface area contributed by atoms with E-state index in [0.29, 0.717) is 11.6 Å². The maximum Gasteiger partial charge on any atom is 0.573 e. The lowest BCUT2D eigenvalue weighted by atomic mass is 10.2. The van der Waals surface area contributed by atoms with Crippen LogP contribution in [-0.2, 0) is 0 Å². The van der Waals surface area contributed by atoms with E-state index in [1.807, 2.05) is 13.8 Å². The molecule has 0 atom stereocenters. The molecule has 0 bridgehead atoms. The van der Waals surface area contributed by atoms with Crippen molar-refractivity contribution in [3.63, 3.8) is 0 Å². The van der Waals surface area contributed by atoms with Gasteiger partial charge in [-0.1, -0.05) is 13.8 Å². The topological polar surface area (TPSA) is 21.6 Å². The molecule has 5 heteroatoms. The SMILES string of the molecule is CC(C)C=Nc1ccc(OC(F)(F)F)cc1. The van der Waals surface area contributed by atoms with E-state index in [4.69, 9.17) is 0 Å². The Morgan fingerprint density at radius 2 is 1.75 bits per heavy atom. The maximum atomic E-state index is 11.8. The monoisotopic (exact) mass is 231 g/mol. The zero-order chi connectivity index (χ0) is 12.2. The zero-order valence-electron chi connectivity index (χ0n) is 8.95. The van der Waals surface area contributed by atoms with Gasteiger partial charge in [-0.25, -0.2) is 0 Å². The molecule has 0 spiro atoms. The molecule has 0 aliphatic carbocycles. The Balaban J connectivity index is 2.68. The van der Waals surface area contributed by atoms with Gasteiger partial charge < -0.3 is 4.74 Å².